The average Bonchev–Trinajstić information content (AvgIpc) is 2.77. The first-order valence-electron chi connectivity index (χ1n) is 10.8. The number of rotatable bonds is 5. The molecule has 31 heavy (non-hydrogen) atoms. The number of ether oxygens (including phenoxy) is 1. The normalized spacial score (nSPS) is 20.5. The molecule has 2 aliphatic rings. The molecule has 162 valence electrons. The van der Waals surface area contributed by atoms with Gasteiger partial charge in [-0.2, -0.15) is 4.98 Å². The number of hydrogen-bond donors (Lipinski definition) is 3. The highest BCUT2D eigenvalue weighted by Crippen LogP contribution is 2.30. The van der Waals surface area contributed by atoms with E-state index in [1.807, 2.05) is 41.3 Å². The van der Waals surface area contributed by atoms with Crippen molar-refractivity contribution >= 4 is 22.7 Å². The Kier molecular flexibility index (Phi) is 5.11. The van der Waals surface area contributed by atoms with E-state index < -0.39 is 0 Å². The summed E-state index contributed by atoms with van der Waals surface area (Å²) >= 11 is 0. The quantitative estimate of drug-likeness (QED) is 0.583. The summed E-state index contributed by atoms with van der Waals surface area (Å²) in [5.74, 6) is 1.15. The number of benzene rings is 1. The Labute approximate surface area is 181 Å². The molecule has 1 atom stereocenters. The third-order valence-corrected chi connectivity index (χ3v) is 6.24. The van der Waals surface area contributed by atoms with Crippen molar-refractivity contribution in [1.29, 1.82) is 0 Å². The predicted molar refractivity (Wildman–Crippen MR) is 123 cm³/mol. The molecule has 2 aliphatic heterocycles. The second-order valence-electron chi connectivity index (χ2n) is 8.70. The molecule has 3 aromatic rings. The Balaban J connectivity index is 1.56. The fourth-order valence-electron chi connectivity index (χ4n) is 4.37. The van der Waals surface area contributed by atoms with Crippen LogP contribution in [0.2, 0.25) is 0 Å². The molecule has 5 rings (SSSR count). The Morgan fingerprint density at radius 3 is 2.81 bits per heavy atom. The van der Waals surface area contributed by atoms with E-state index >= 15 is 0 Å². The minimum Gasteiger partial charge on any atom is -0.375 e. The summed E-state index contributed by atoms with van der Waals surface area (Å²) in [6.07, 6.45) is 2.13. The number of anilines is 2. The van der Waals surface area contributed by atoms with Gasteiger partial charge in [0, 0.05) is 25.1 Å². The second kappa shape index (κ2) is 7.94. The largest absolute Gasteiger partial charge is 0.375 e. The van der Waals surface area contributed by atoms with Crippen LogP contribution in [0, 0.1) is 0 Å². The van der Waals surface area contributed by atoms with Crippen LogP contribution in [0.25, 0.3) is 22.2 Å². The molecule has 8 heteroatoms. The van der Waals surface area contributed by atoms with E-state index in [0.29, 0.717) is 36.1 Å². The van der Waals surface area contributed by atoms with Gasteiger partial charge in [-0.05, 0) is 38.4 Å². The maximum Gasteiger partial charge on any atom is 0.263 e. The number of pyridine rings is 1. The van der Waals surface area contributed by atoms with Crippen LogP contribution in [0.15, 0.2) is 41.2 Å². The number of fused-ring (bicyclic) bond motifs is 1. The smallest absolute Gasteiger partial charge is 0.263 e. The van der Waals surface area contributed by atoms with E-state index in [1.54, 1.807) is 7.11 Å². The van der Waals surface area contributed by atoms with Crippen molar-refractivity contribution in [3.63, 3.8) is 0 Å². The maximum absolute atomic E-state index is 13.3. The van der Waals surface area contributed by atoms with E-state index in [0.717, 1.165) is 36.8 Å². The topological polar surface area (TPSA) is 95.2 Å². The number of aromatic amines is 1. The Bertz CT molecular complexity index is 1150. The number of piperidine rings is 1. The van der Waals surface area contributed by atoms with Gasteiger partial charge < -0.3 is 20.3 Å². The van der Waals surface area contributed by atoms with Crippen molar-refractivity contribution < 1.29 is 4.74 Å². The molecule has 2 aromatic heterocycles. The molecule has 0 bridgehead atoms. The van der Waals surface area contributed by atoms with Crippen molar-refractivity contribution in [2.24, 2.45) is 0 Å². The molecule has 1 unspecified atom stereocenters. The number of aromatic nitrogens is 3. The van der Waals surface area contributed by atoms with Gasteiger partial charge in [0.1, 0.15) is 17.0 Å². The number of nitrogens with one attached hydrogen (secondary N) is 3. The highest BCUT2D eigenvalue weighted by Gasteiger charge is 2.40. The maximum atomic E-state index is 13.3. The van der Waals surface area contributed by atoms with Crippen LogP contribution in [0.3, 0.4) is 0 Å². The Morgan fingerprint density at radius 1 is 1.19 bits per heavy atom. The van der Waals surface area contributed by atoms with Crippen LogP contribution in [0.1, 0.15) is 19.8 Å². The van der Waals surface area contributed by atoms with Gasteiger partial charge in [-0.15, -0.1) is 0 Å². The minimum absolute atomic E-state index is 0.190. The van der Waals surface area contributed by atoms with Crippen LogP contribution >= 0.6 is 0 Å². The SMILES string of the molecule is COC1(C)CN(c2nc(NC3CCCNC3)c(-c3ccc4ccccc4n3)c(=O)[nH]2)C1. The van der Waals surface area contributed by atoms with Gasteiger partial charge in [0.2, 0.25) is 5.95 Å². The third-order valence-electron chi connectivity index (χ3n) is 6.24. The lowest BCUT2D eigenvalue weighted by atomic mass is 9.97. The summed E-state index contributed by atoms with van der Waals surface area (Å²) < 4.78 is 5.55. The summed E-state index contributed by atoms with van der Waals surface area (Å²) in [6.45, 7) is 5.30. The van der Waals surface area contributed by atoms with Gasteiger partial charge in [-0.25, -0.2) is 4.98 Å². The van der Waals surface area contributed by atoms with E-state index in [1.165, 1.54) is 0 Å². The molecule has 0 amide bonds. The zero-order chi connectivity index (χ0) is 21.4. The van der Waals surface area contributed by atoms with Crippen molar-refractivity contribution in [1.82, 2.24) is 20.3 Å². The van der Waals surface area contributed by atoms with Crippen molar-refractivity contribution in [2.75, 3.05) is 43.5 Å². The lowest BCUT2D eigenvalue weighted by molar-refractivity contribution is -0.0175. The molecule has 2 fully saturated rings. The molecular weight excluding hydrogens is 392 g/mol. The van der Waals surface area contributed by atoms with Crippen LogP contribution in [0.4, 0.5) is 11.8 Å². The van der Waals surface area contributed by atoms with E-state index in [4.69, 9.17) is 14.7 Å². The number of methoxy groups -OCH3 is 1. The standard InChI is InChI=1S/C23H28N6O2/c1-23(31-2)13-29(14-23)22-27-20(25-16-7-5-11-24-12-16)19(21(30)28-22)18-10-9-15-6-3-4-8-17(15)26-18/h3-4,6,8-10,16,24H,5,7,11-14H2,1-2H3,(H2,25,27,28,30). The van der Waals surface area contributed by atoms with E-state index in [9.17, 15) is 4.79 Å². The monoisotopic (exact) mass is 420 g/mol. The zero-order valence-corrected chi connectivity index (χ0v) is 17.9. The van der Waals surface area contributed by atoms with Crippen molar-refractivity contribution in [3.05, 3.63) is 46.8 Å². The summed E-state index contributed by atoms with van der Waals surface area (Å²) in [4.78, 5) is 27.9. The van der Waals surface area contributed by atoms with Gasteiger partial charge >= 0.3 is 0 Å². The molecule has 0 aliphatic carbocycles. The van der Waals surface area contributed by atoms with E-state index in [2.05, 4.69) is 22.5 Å². The highest BCUT2D eigenvalue weighted by molar-refractivity contribution is 5.83. The number of hydrogen-bond acceptors (Lipinski definition) is 7. The molecule has 4 heterocycles. The van der Waals surface area contributed by atoms with Crippen LogP contribution < -0.4 is 21.1 Å². The fraction of sp³-hybridized carbons (Fsp3) is 0.435. The zero-order valence-electron chi connectivity index (χ0n) is 17.9. The average molecular weight is 421 g/mol. The van der Waals surface area contributed by atoms with Gasteiger partial charge in [0.25, 0.3) is 5.56 Å². The van der Waals surface area contributed by atoms with Crippen LogP contribution in [-0.4, -0.2) is 59.9 Å². The number of para-hydroxylation sites is 1. The van der Waals surface area contributed by atoms with Crippen molar-refractivity contribution in [2.45, 2.75) is 31.4 Å². The Hall–Kier alpha value is -2.97. The van der Waals surface area contributed by atoms with Gasteiger partial charge in [0.05, 0.1) is 24.3 Å². The lowest BCUT2D eigenvalue weighted by Crippen LogP contribution is -2.61. The molecule has 0 radical (unpaired) electrons. The molecule has 2 saturated heterocycles. The second-order valence-corrected chi connectivity index (χ2v) is 8.70. The Morgan fingerprint density at radius 2 is 2.03 bits per heavy atom. The first kappa shape index (κ1) is 20.0. The van der Waals surface area contributed by atoms with E-state index in [-0.39, 0.29) is 17.2 Å². The van der Waals surface area contributed by atoms with Gasteiger partial charge in [0.15, 0.2) is 0 Å². The third kappa shape index (κ3) is 3.88. The predicted octanol–water partition coefficient (Wildman–Crippen LogP) is 2.37. The van der Waals surface area contributed by atoms with Crippen molar-refractivity contribution in [3.8, 4) is 11.3 Å². The summed E-state index contributed by atoms with van der Waals surface area (Å²) in [5.41, 5.74) is 1.56. The molecular formula is C23H28N6O2. The summed E-state index contributed by atoms with van der Waals surface area (Å²) in [7, 11) is 1.71. The van der Waals surface area contributed by atoms with Crippen LogP contribution in [0.5, 0.6) is 0 Å². The fourth-order valence-corrected chi connectivity index (χ4v) is 4.37. The summed E-state index contributed by atoms with van der Waals surface area (Å²) in [6, 6.07) is 12.0. The molecule has 0 spiro atoms. The molecule has 1 aromatic carbocycles. The minimum atomic E-state index is -0.210. The number of H-pyrrole nitrogens is 1. The van der Waals surface area contributed by atoms with Gasteiger partial charge in [-0.3, -0.25) is 9.78 Å². The molecule has 8 nitrogen and oxygen atoms in total. The molecule has 3 N–H and O–H groups in total. The molecule has 0 saturated carbocycles. The summed E-state index contributed by atoms with van der Waals surface area (Å²) in [5, 5.41) is 7.98. The van der Waals surface area contributed by atoms with Gasteiger partial charge in [-0.1, -0.05) is 24.3 Å². The van der Waals surface area contributed by atoms with Crippen LogP contribution in [-0.2, 0) is 4.74 Å². The lowest BCUT2D eigenvalue weighted by Gasteiger charge is -2.47. The number of nitrogens with zero attached hydrogens (tertiary/aromatic N) is 3. The first-order chi connectivity index (χ1) is 15.0. The highest BCUT2D eigenvalue weighted by atomic mass is 16.5. The first-order valence-corrected chi connectivity index (χ1v) is 10.8.